The fourth-order valence-corrected chi connectivity index (χ4v) is 4.60. The Labute approximate surface area is 175 Å². The lowest BCUT2D eigenvalue weighted by Crippen LogP contribution is -2.54. The van der Waals surface area contributed by atoms with E-state index in [4.69, 9.17) is 0 Å². The summed E-state index contributed by atoms with van der Waals surface area (Å²) in [6.07, 6.45) is 3.90. The minimum absolute atomic E-state index is 0. The Kier molecular flexibility index (Phi) is 6.14. The maximum atomic E-state index is 14.7. The third-order valence-corrected chi connectivity index (χ3v) is 6.28. The van der Waals surface area contributed by atoms with Crippen LogP contribution in [-0.2, 0) is 22.6 Å². The number of urea groups is 1. The molecule has 4 amide bonds. The molecule has 2 atom stereocenters. The summed E-state index contributed by atoms with van der Waals surface area (Å²) in [6, 6.07) is 2.76. The summed E-state index contributed by atoms with van der Waals surface area (Å²) in [5, 5.41) is 8.52. The quantitative estimate of drug-likeness (QED) is 0.649. The van der Waals surface area contributed by atoms with E-state index in [1.165, 1.54) is 6.07 Å². The van der Waals surface area contributed by atoms with Crippen LogP contribution >= 0.6 is 12.4 Å². The number of anilines is 1. The number of hydrogen-bond donors (Lipinski definition) is 3. The molecule has 1 aromatic carbocycles. The van der Waals surface area contributed by atoms with Crippen molar-refractivity contribution in [3.05, 3.63) is 29.1 Å². The fourth-order valence-electron chi connectivity index (χ4n) is 4.60. The van der Waals surface area contributed by atoms with Crippen LogP contribution in [0, 0.1) is 11.7 Å². The lowest BCUT2D eigenvalue weighted by molar-refractivity contribution is -0.136. The number of nitrogens with zero attached hydrogens (tertiary/aromatic N) is 1. The van der Waals surface area contributed by atoms with Gasteiger partial charge in [-0.15, -0.1) is 12.4 Å². The molecule has 2 aliphatic heterocycles. The normalized spacial score (nSPS) is 26.0. The molecule has 158 valence electrons. The predicted molar refractivity (Wildman–Crippen MR) is 108 cm³/mol. The van der Waals surface area contributed by atoms with Gasteiger partial charge in [0.1, 0.15) is 17.9 Å². The molecule has 3 aliphatic rings. The molecule has 7 nitrogen and oxygen atoms in total. The van der Waals surface area contributed by atoms with Crippen LogP contribution in [0.5, 0.6) is 0 Å². The number of fused-ring (bicyclic) bond motifs is 1. The van der Waals surface area contributed by atoms with Crippen molar-refractivity contribution in [3.63, 3.8) is 0 Å². The zero-order valence-corrected chi connectivity index (χ0v) is 17.2. The van der Waals surface area contributed by atoms with Gasteiger partial charge < -0.3 is 16.0 Å². The van der Waals surface area contributed by atoms with Crippen molar-refractivity contribution in [1.29, 1.82) is 0 Å². The Balaban J connectivity index is 0.00000240. The van der Waals surface area contributed by atoms with E-state index < -0.39 is 29.8 Å². The van der Waals surface area contributed by atoms with E-state index in [-0.39, 0.29) is 29.9 Å². The Morgan fingerprint density at radius 2 is 2.14 bits per heavy atom. The van der Waals surface area contributed by atoms with Crippen LogP contribution in [-0.4, -0.2) is 41.4 Å². The number of hydrogen-bond acceptors (Lipinski definition) is 4. The first-order valence-corrected chi connectivity index (χ1v) is 9.87. The summed E-state index contributed by atoms with van der Waals surface area (Å²) in [5.74, 6) is -1.35. The molecule has 0 aromatic heterocycles. The maximum Gasteiger partial charge on any atom is 0.325 e. The highest BCUT2D eigenvalue weighted by Crippen LogP contribution is 2.38. The van der Waals surface area contributed by atoms with Gasteiger partial charge in [0, 0.05) is 6.54 Å². The van der Waals surface area contributed by atoms with Crippen molar-refractivity contribution in [2.75, 3.05) is 18.4 Å². The second-order valence-electron chi connectivity index (χ2n) is 7.98. The van der Waals surface area contributed by atoms with Crippen molar-refractivity contribution in [3.8, 4) is 0 Å². The van der Waals surface area contributed by atoms with Gasteiger partial charge >= 0.3 is 6.03 Å². The van der Waals surface area contributed by atoms with Crippen molar-refractivity contribution in [1.82, 2.24) is 15.5 Å². The second kappa shape index (κ2) is 8.28. The van der Waals surface area contributed by atoms with Crippen molar-refractivity contribution < 1.29 is 18.8 Å². The van der Waals surface area contributed by atoms with Gasteiger partial charge in [0.25, 0.3) is 5.91 Å². The summed E-state index contributed by atoms with van der Waals surface area (Å²) in [6.45, 7) is 2.82. The first-order chi connectivity index (χ1) is 13.4. The Bertz CT molecular complexity index is 849. The number of carbonyl (C=O) groups excluding carboxylic acids is 3. The van der Waals surface area contributed by atoms with Crippen molar-refractivity contribution in [2.24, 2.45) is 5.92 Å². The molecular formula is C20H26ClFN4O3. The molecule has 29 heavy (non-hydrogen) atoms. The van der Waals surface area contributed by atoms with Gasteiger partial charge in [0.2, 0.25) is 5.91 Å². The van der Waals surface area contributed by atoms with Crippen LogP contribution in [0.25, 0.3) is 0 Å². The lowest BCUT2D eigenvalue weighted by Gasteiger charge is -2.36. The number of halogens is 2. The highest BCUT2D eigenvalue weighted by atomic mass is 35.5. The third-order valence-electron chi connectivity index (χ3n) is 6.28. The van der Waals surface area contributed by atoms with Gasteiger partial charge in [-0.1, -0.05) is 25.8 Å². The zero-order valence-electron chi connectivity index (χ0n) is 16.3. The summed E-state index contributed by atoms with van der Waals surface area (Å²) in [4.78, 5) is 38.7. The Morgan fingerprint density at radius 1 is 1.34 bits per heavy atom. The van der Waals surface area contributed by atoms with Crippen molar-refractivity contribution in [2.45, 2.75) is 51.1 Å². The van der Waals surface area contributed by atoms with E-state index in [1.807, 2.05) is 6.92 Å². The molecule has 1 spiro atoms. The monoisotopic (exact) mass is 424 g/mol. The molecule has 2 heterocycles. The summed E-state index contributed by atoms with van der Waals surface area (Å²) < 4.78 is 14.7. The molecule has 1 aliphatic carbocycles. The van der Waals surface area contributed by atoms with Crippen LogP contribution < -0.4 is 16.0 Å². The number of rotatable bonds is 3. The highest BCUT2D eigenvalue weighted by Gasteiger charge is 2.55. The van der Waals surface area contributed by atoms with Crippen LogP contribution in [0.2, 0.25) is 0 Å². The molecule has 1 saturated heterocycles. The number of amides is 4. The lowest BCUT2D eigenvalue weighted by atomic mass is 9.73. The number of nitrogens with one attached hydrogen (secondary N) is 3. The van der Waals surface area contributed by atoms with Gasteiger partial charge in [-0.2, -0.15) is 0 Å². The minimum Gasteiger partial charge on any atom is -0.323 e. The second-order valence-corrected chi connectivity index (χ2v) is 7.98. The molecule has 2 unspecified atom stereocenters. The molecule has 4 rings (SSSR count). The third kappa shape index (κ3) is 3.71. The van der Waals surface area contributed by atoms with Gasteiger partial charge in [-0.3, -0.25) is 14.5 Å². The molecule has 2 fully saturated rings. The first kappa shape index (κ1) is 21.5. The van der Waals surface area contributed by atoms with E-state index in [1.54, 1.807) is 6.07 Å². The van der Waals surface area contributed by atoms with Crippen LogP contribution in [0.4, 0.5) is 14.9 Å². The van der Waals surface area contributed by atoms with Gasteiger partial charge in [-0.05, 0) is 48.9 Å². The fraction of sp³-hybridized carbons (Fsp3) is 0.550. The van der Waals surface area contributed by atoms with Gasteiger partial charge in [0.05, 0.1) is 5.69 Å². The molecule has 1 aromatic rings. The van der Waals surface area contributed by atoms with E-state index in [9.17, 15) is 18.8 Å². The van der Waals surface area contributed by atoms with E-state index in [0.29, 0.717) is 31.5 Å². The average molecular weight is 425 g/mol. The maximum absolute atomic E-state index is 14.7. The average Bonchev–Trinajstić information content (AvgIpc) is 2.92. The van der Waals surface area contributed by atoms with Crippen LogP contribution in [0.1, 0.15) is 43.7 Å². The molecular weight excluding hydrogens is 399 g/mol. The predicted octanol–water partition coefficient (Wildman–Crippen LogP) is 2.33. The van der Waals surface area contributed by atoms with Crippen molar-refractivity contribution >= 4 is 35.9 Å². The summed E-state index contributed by atoms with van der Waals surface area (Å²) in [5.41, 5.74) is 0.656. The molecule has 1 saturated carbocycles. The summed E-state index contributed by atoms with van der Waals surface area (Å²) >= 11 is 0. The Hall–Kier alpha value is -2.19. The molecule has 0 radical (unpaired) electrons. The zero-order chi connectivity index (χ0) is 19.9. The minimum atomic E-state index is -0.903. The SMILES string of the molecule is CC1CCCCC12NC(=O)N(CC(=O)Nc1ccc3c(c1F)CCNC3)C2=O.Cl. The number of carbonyl (C=O) groups is 3. The van der Waals surface area contributed by atoms with Crippen LogP contribution in [0.3, 0.4) is 0 Å². The van der Waals surface area contributed by atoms with E-state index >= 15 is 0 Å². The Morgan fingerprint density at radius 3 is 2.90 bits per heavy atom. The highest BCUT2D eigenvalue weighted by molar-refractivity contribution is 6.10. The van der Waals surface area contributed by atoms with Gasteiger partial charge in [0.15, 0.2) is 0 Å². The van der Waals surface area contributed by atoms with E-state index in [0.717, 1.165) is 29.7 Å². The van der Waals surface area contributed by atoms with Gasteiger partial charge in [-0.25, -0.2) is 9.18 Å². The molecule has 0 bridgehead atoms. The standard InChI is InChI=1S/C20H25FN4O3.ClH/c1-12-4-2-3-8-20(12)18(27)25(19(28)24-20)11-16(26)23-15-6-5-13-10-22-9-7-14(13)17(15)21;/h5-6,12,22H,2-4,7-11H2,1H3,(H,23,26)(H,24,28);1H. The topological polar surface area (TPSA) is 90.5 Å². The largest absolute Gasteiger partial charge is 0.325 e. The molecule has 3 N–H and O–H groups in total. The summed E-state index contributed by atoms with van der Waals surface area (Å²) in [7, 11) is 0. The smallest absolute Gasteiger partial charge is 0.323 e. The van der Waals surface area contributed by atoms with E-state index in [2.05, 4.69) is 16.0 Å². The van der Waals surface area contributed by atoms with Crippen LogP contribution in [0.15, 0.2) is 12.1 Å². The molecule has 9 heteroatoms. The first-order valence-electron chi connectivity index (χ1n) is 9.87. The number of imide groups is 1. The number of benzene rings is 1.